The number of carboxylic acid groups (broad SMARTS) is 1. The summed E-state index contributed by atoms with van der Waals surface area (Å²) in [6.07, 6.45) is 2.49. The largest absolute Gasteiger partial charge is 0.493 e. The molecule has 1 aliphatic rings. The molecule has 3 N–H and O–H groups in total. The molecule has 13 heteroatoms. The molecule has 2 aromatic heterocycles. The summed E-state index contributed by atoms with van der Waals surface area (Å²) in [7, 11) is 3.68. The highest BCUT2D eigenvalue weighted by atomic mass is 16.5. The number of methoxy groups -OCH3 is 1. The van der Waals surface area contributed by atoms with E-state index in [0.29, 0.717) is 51.3 Å². The Bertz CT molecular complexity index is 1580. The first-order valence-electron chi connectivity index (χ1n) is 13.6. The summed E-state index contributed by atoms with van der Waals surface area (Å²) >= 11 is 0. The number of benzene rings is 2. The van der Waals surface area contributed by atoms with Gasteiger partial charge >= 0.3 is 6.03 Å². The smallest absolute Gasteiger partial charge is 0.324 e. The molecule has 0 bridgehead atoms. The number of hydrogen-bond donors (Lipinski definition) is 3. The van der Waals surface area contributed by atoms with E-state index in [4.69, 9.17) is 28.6 Å². The van der Waals surface area contributed by atoms with E-state index in [9.17, 15) is 4.79 Å². The van der Waals surface area contributed by atoms with Gasteiger partial charge in [-0.2, -0.15) is 0 Å². The van der Waals surface area contributed by atoms with E-state index in [2.05, 4.69) is 37.7 Å². The standard InChI is InChI=1S/C28H32N6O5.C2H4O2/c1-28(2,3)24-14-25(33-39-24)32-27(35)31-17-7-6-8-18(11-17)38-26-20-12-22(36-5)23(13-21(20)29-16-30-26)37-19-9-10-34(4)15-19;1-2(3)4/h6-8,11-14,16,19H,9-10,15H2,1-5H3,(H2,31,32,33,35);1H3,(H,3,4)/t19-;/m0./s1. The van der Waals surface area contributed by atoms with Crippen molar-refractivity contribution in [1.82, 2.24) is 20.0 Å². The number of likely N-dealkylation sites (N-methyl/N-ethyl adjacent to an activating group) is 1. The van der Waals surface area contributed by atoms with Gasteiger partial charge in [0.1, 0.15) is 23.9 Å². The molecule has 1 saturated heterocycles. The van der Waals surface area contributed by atoms with Crippen LogP contribution in [0.3, 0.4) is 0 Å². The minimum absolute atomic E-state index is 0.0937. The maximum Gasteiger partial charge on any atom is 0.324 e. The second-order valence-corrected chi connectivity index (χ2v) is 11.0. The highest BCUT2D eigenvalue weighted by molar-refractivity contribution is 5.99. The zero-order valence-corrected chi connectivity index (χ0v) is 25.0. The van der Waals surface area contributed by atoms with E-state index >= 15 is 0 Å². The van der Waals surface area contributed by atoms with Gasteiger partial charge < -0.3 is 34.1 Å². The lowest BCUT2D eigenvalue weighted by Crippen LogP contribution is -2.21. The molecule has 5 rings (SSSR count). The maximum atomic E-state index is 12.5. The van der Waals surface area contributed by atoms with Crippen LogP contribution in [0.15, 0.2) is 53.3 Å². The van der Waals surface area contributed by atoms with Gasteiger partial charge in [0, 0.05) is 49.3 Å². The minimum atomic E-state index is -0.833. The van der Waals surface area contributed by atoms with Crippen LogP contribution >= 0.6 is 0 Å². The first kappa shape index (κ1) is 31.0. The van der Waals surface area contributed by atoms with Crippen LogP contribution in [-0.2, 0) is 10.2 Å². The van der Waals surface area contributed by atoms with E-state index in [-0.39, 0.29) is 11.5 Å². The number of carbonyl (C=O) groups is 2. The molecule has 0 aliphatic carbocycles. The van der Waals surface area contributed by atoms with E-state index in [0.717, 1.165) is 26.4 Å². The zero-order chi connectivity index (χ0) is 31.1. The SMILES string of the molecule is CC(=O)O.COc1cc2c(Oc3cccc(NC(=O)Nc4cc(C(C)(C)C)on4)c3)ncnc2cc1O[C@H]1CCN(C)C1. The number of urea groups is 1. The molecule has 0 spiro atoms. The van der Waals surface area contributed by atoms with Crippen molar-refractivity contribution >= 4 is 34.4 Å². The van der Waals surface area contributed by atoms with Gasteiger partial charge in [-0.05, 0) is 31.7 Å². The zero-order valence-electron chi connectivity index (χ0n) is 25.0. The number of hydrogen-bond acceptors (Lipinski definition) is 10. The maximum absolute atomic E-state index is 12.5. The highest BCUT2D eigenvalue weighted by Crippen LogP contribution is 2.37. The number of aromatic nitrogens is 3. The number of anilines is 2. The minimum Gasteiger partial charge on any atom is -0.493 e. The third kappa shape index (κ3) is 8.55. The van der Waals surface area contributed by atoms with Crippen LogP contribution in [0.5, 0.6) is 23.1 Å². The van der Waals surface area contributed by atoms with Gasteiger partial charge in [-0.25, -0.2) is 14.8 Å². The number of nitrogens with zero attached hydrogens (tertiary/aromatic N) is 4. The first-order chi connectivity index (χ1) is 20.4. The summed E-state index contributed by atoms with van der Waals surface area (Å²) in [6.45, 7) is 8.94. The Hall–Kier alpha value is -4.91. The van der Waals surface area contributed by atoms with Gasteiger partial charge in [-0.15, -0.1) is 0 Å². The summed E-state index contributed by atoms with van der Waals surface area (Å²) in [6, 6.07) is 11.9. The fourth-order valence-corrected chi connectivity index (χ4v) is 4.26. The Morgan fingerprint density at radius 2 is 1.86 bits per heavy atom. The molecule has 228 valence electrons. The van der Waals surface area contributed by atoms with Gasteiger partial charge in [-0.3, -0.25) is 10.1 Å². The number of fused-ring (bicyclic) bond motifs is 1. The van der Waals surface area contributed by atoms with Crippen LogP contribution < -0.4 is 24.8 Å². The average Bonchev–Trinajstić information content (AvgIpc) is 3.57. The van der Waals surface area contributed by atoms with Crippen molar-refractivity contribution in [2.24, 2.45) is 0 Å². The second-order valence-electron chi connectivity index (χ2n) is 11.0. The molecule has 13 nitrogen and oxygen atoms in total. The molecule has 1 aliphatic heterocycles. The lowest BCUT2D eigenvalue weighted by molar-refractivity contribution is -0.134. The number of aliphatic carboxylic acids is 1. The van der Waals surface area contributed by atoms with Crippen LogP contribution in [0.25, 0.3) is 10.9 Å². The summed E-state index contributed by atoms with van der Waals surface area (Å²) in [5.41, 5.74) is 0.974. The number of ether oxygens (including phenoxy) is 3. The van der Waals surface area contributed by atoms with Crippen LogP contribution in [0.4, 0.5) is 16.3 Å². The molecule has 0 radical (unpaired) electrons. The van der Waals surface area contributed by atoms with Crippen molar-refractivity contribution in [3.05, 3.63) is 54.6 Å². The molecule has 0 saturated carbocycles. The molecular formula is C30H36N6O7. The number of carboxylic acids is 1. The Balaban J connectivity index is 0.000000996. The number of likely N-dealkylation sites (tertiary alicyclic amines) is 1. The molecule has 2 aromatic carbocycles. The molecule has 1 fully saturated rings. The highest BCUT2D eigenvalue weighted by Gasteiger charge is 2.23. The number of carbonyl (C=O) groups excluding carboxylic acids is 1. The topological polar surface area (TPSA) is 161 Å². The molecule has 43 heavy (non-hydrogen) atoms. The quantitative estimate of drug-likeness (QED) is 0.247. The summed E-state index contributed by atoms with van der Waals surface area (Å²) in [4.78, 5) is 32.5. The number of amides is 2. The van der Waals surface area contributed by atoms with E-state index in [1.54, 1.807) is 37.4 Å². The first-order valence-corrected chi connectivity index (χ1v) is 13.6. The van der Waals surface area contributed by atoms with Crippen molar-refractivity contribution in [3.8, 4) is 23.1 Å². The Morgan fingerprint density at radius 1 is 1.09 bits per heavy atom. The monoisotopic (exact) mass is 592 g/mol. The Kier molecular flexibility index (Phi) is 9.66. The molecule has 4 aromatic rings. The lowest BCUT2D eigenvalue weighted by Gasteiger charge is -2.17. The second kappa shape index (κ2) is 13.4. The van der Waals surface area contributed by atoms with Gasteiger partial charge in [0.05, 0.1) is 18.0 Å². The van der Waals surface area contributed by atoms with Crippen molar-refractivity contribution in [2.45, 2.75) is 45.6 Å². The Labute approximate surface area is 249 Å². The molecule has 3 heterocycles. The van der Waals surface area contributed by atoms with Crippen molar-refractivity contribution in [2.75, 3.05) is 37.9 Å². The fraction of sp³-hybridized carbons (Fsp3) is 0.367. The predicted octanol–water partition coefficient (Wildman–Crippen LogP) is 5.53. The van der Waals surface area contributed by atoms with Gasteiger partial charge in [-0.1, -0.05) is 32.0 Å². The van der Waals surface area contributed by atoms with E-state index < -0.39 is 12.0 Å². The van der Waals surface area contributed by atoms with Crippen LogP contribution in [0, 0.1) is 0 Å². The van der Waals surface area contributed by atoms with Crippen LogP contribution in [-0.4, -0.2) is 70.5 Å². The number of nitrogens with one attached hydrogen (secondary N) is 2. The van der Waals surface area contributed by atoms with Crippen molar-refractivity contribution < 1.29 is 33.4 Å². The van der Waals surface area contributed by atoms with Gasteiger partial charge in [0.15, 0.2) is 17.3 Å². The Morgan fingerprint density at radius 3 is 2.51 bits per heavy atom. The third-order valence-corrected chi connectivity index (χ3v) is 6.32. The lowest BCUT2D eigenvalue weighted by atomic mass is 9.93. The van der Waals surface area contributed by atoms with Crippen LogP contribution in [0.2, 0.25) is 0 Å². The number of rotatable bonds is 7. The summed E-state index contributed by atoms with van der Waals surface area (Å²) in [5.74, 6) is 2.21. The summed E-state index contributed by atoms with van der Waals surface area (Å²) in [5, 5.41) is 17.5. The molecular weight excluding hydrogens is 556 g/mol. The van der Waals surface area contributed by atoms with Crippen molar-refractivity contribution in [3.63, 3.8) is 0 Å². The third-order valence-electron chi connectivity index (χ3n) is 6.32. The fourth-order valence-electron chi connectivity index (χ4n) is 4.26. The van der Waals surface area contributed by atoms with E-state index in [1.165, 1.54) is 6.33 Å². The summed E-state index contributed by atoms with van der Waals surface area (Å²) < 4.78 is 23.3. The van der Waals surface area contributed by atoms with Crippen LogP contribution in [0.1, 0.15) is 39.9 Å². The normalized spacial score (nSPS) is 14.9. The predicted molar refractivity (Wildman–Crippen MR) is 160 cm³/mol. The van der Waals surface area contributed by atoms with E-state index in [1.807, 2.05) is 32.9 Å². The average molecular weight is 593 g/mol. The van der Waals surface area contributed by atoms with Gasteiger partial charge in [0.25, 0.3) is 5.97 Å². The molecule has 0 unspecified atom stereocenters. The van der Waals surface area contributed by atoms with Crippen molar-refractivity contribution in [1.29, 1.82) is 0 Å². The molecule has 1 atom stereocenters. The molecule has 2 amide bonds. The van der Waals surface area contributed by atoms with Gasteiger partial charge in [0.2, 0.25) is 5.88 Å².